The maximum atomic E-state index is 11.9. The third-order valence-electron chi connectivity index (χ3n) is 6.54. The Kier molecular flexibility index (Phi) is 8.16. The van der Waals surface area contributed by atoms with Crippen LogP contribution < -0.4 is 5.32 Å². The Morgan fingerprint density at radius 2 is 1.83 bits per heavy atom. The van der Waals surface area contributed by atoms with E-state index in [1.807, 2.05) is 20.8 Å². The molecule has 2 aliphatic rings. The van der Waals surface area contributed by atoms with Crippen LogP contribution in [0.3, 0.4) is 0 Å². The van der Waals surface area contributed by atoms with E-state index in [0.717, 1.165) is 31.1 Å². The van der Waals surface area contributed by atoms with Gasteiger partial charge in [-0.1, -0.05) is 48.9 Å². The second kappa shape index (κ2) is 10.6. The lowest BCUT2D eigenvalue weighted by Gasteiger charge is -2.29. The van der Waals surface area contributed by atoms with Crippen LogP contribution in [0.25, 0.3) is 6.08 Å². The molecular formula is C27H41NO2. The normalized spacial score (nSPS) is 27.0. The van der Waals surface area contributed by atoms with Gasteiger partial charge < -0.3 is 10.1 Å². The summed E-state index contributed by atoms with van der Waals surface area (Å²) in [6.45, 7) is 8.09. The van der Waals surface area contributed by atoms with Gasteiger partial charge in [0.1, 0.15) is 5.60 Å². The van der Waals surface area contributed by atoms with Crippen molar-refractivity contribution in [1.82, 2.24) is 5.32 Å². The fraction of sp³-hybridized carbons (Fsp3) is 0.667. The van der Waals surface area contributed by atoms with Gasteiger partial charge in [0.2, 0.25) is 0 Å². The van der Waals surface area contributed by atoms with Crippen LogP contribution in [0.4, 0.5) is 0 Å². The zero-order valence-electron chi connectivity index (χ0n) is 19.5. The van der Waals surface area contributed by atoms with Crippen LogP contribution in [0, 0.1) is 11.8 Å². The molecule has 0 spiro atoms. The van der Waals surface area contributed by atoms with Gasteiger partial charge in [0, 0.05) is 18.5 Å². The van der Waals surface area contributed by atoms with Crippen molar-refractivity contribution in [2.45, 2.75) is 103 Å². The van der Waals surface area contributed by atoms with Crippen molar-refractivity contribution in [2.24, 2.45) is 11.8 Å². The standard InChI is InChI=1S/C27H41NO2/c1-5-22(18-21-10-7-6-8-11-21)24-19-25(24)28-23-16-14-20(15-17-23)12-9-13-26(29)30-27(2,3)4/h6-8,10-11,18,20,23-25,28H,5,9,12-17,19H2,1-4H3/b22-18+/t20?,23?,24?,25-/m1/s1. The summed E-state index contributed by atoms with van der Waals surface area (Å²) in [5, 5.41) is 3.95. The van der Waals surface area contributed by atoms with E-state index in [4.69, 9.17) is 4.74 Å². The Morgan fingerprint density at radius 1 is 1.13 bits per heavy atom. The summed E-state index contributed by atoms with van der Waals surface area (Å²) in [6.07, 6.45) is 12.7. The van der Waals surface area contributed by atoms with Crippen molar-refractivity contribution in [1.29, 1.82) is 0 Å². The van der Waals surface area contributed by atoms with E-state index in [2.05, 4.69) is 48.6 Å². The number of nitrogens with one attached hydrogen (secondary N) is 1. The Morgan fingerprint density at radius 3 is 2.47 bits per heavy atom. The Bertz CT molecular complexity index is 695. The topological polar surface area (TPSA) is 38.3 Å². The molecule has 1 aromatic rings. The van der Waals surface area contributed by atoms with Gasteiger partial charge in [-0.05, 0) is 89.5 Å². The first-order valence-corrected chi connectivity index (χ1v) is 12.1. The lowest BCUT2D eigenvalue weighted by Crippen LogP contribution is -2.35. The monoisotopic (exact) mass is 411 g/mol. The minimum atomic E-state index is -0.366. The number of hydrogen-bond donors (Lipinski definition) is 1. The second-order valence-electron chi connectivity index (χ2n) is 10.3. The van der Waals surface area contributed by atoms with E-state index in [-0.39, 0.29) is 11.6 Å². The highest BCUT2D eigenvalue weighted by molar-refractivity contribution is 5.69. The first kappa shape index (κ1) is 23.1. The molecular weight excluding hydrogens is 370 g/mol. The Labute approximate surface area is 183 Å². The van der Waals surface area contributed by atoms with Crippen molar-refractivity contribution in [2.75, 3.05) is 0 Å². The van der Waals surface area contributed by atoms with Gasteiger partial charge in [0.15, 0.2) is 0 Å². The van der Waals surface area contributed by atoms with E-state index in [0.29, 0.717) is 18.5 Å². The highest BCUT2D eigenvalue weighted by atomic mass is 16.6. The number of rotatable bonds is 9. The molecule has 2 atom stereocenters. The van der Waals surface area contributed by atoms with Crippen LogP contribution in [0.5, 0.6) is 0 Å². The average molecular weight is 412 g/mol. The molecule has 3 nitrogen and oxygen atoms in total. The molecule has 0 heterocycles. The van der Waals surface area contributed by atoms with E-state index < -0.39 is 0 Å². The molecule has 166 valence electrons. The molecule has 1 aromatic carbocycles. The molecule has 2 saturated carbocycles. The molecule has 30 heavy (non-hydrogen) atoms. The molecule has 1 N–H and O–H groups in total. The van der Waals surface area contributed by atoms with Crippen molar-refractivity contribution < 1.29 is 9.53 Å². The lowest BCUT2D eigenvalue weighted by molar-refractivity contribution is -0.155. The third kappa shape index (κ3) is 7.58. The van der Waals surface area contributed by atoms with Gasteiger partial charge in [-0.15, -0.1) is 0 Å². The van der Waals surface area contributed by atoms with Crippen LogP contribution in [0.1, 0.15) is 91.0 Å². The van der Waals surface area contributed by atoms with E-state index in [9.17, 15) is 4.79 Å². The number of ether oxygens (including phenoxy) is 1. The first-order chi connectivity index (χ1) is 14.3. The van der Waals surface area contributed by atoms with Crippen LogP contribution in [-0.4, -0.2) is 23.7 Å². The Balaban J connectivity index is 1.34. The SMILES string of the molecule is CC/C(=C\c1ccccc1)C1C[C@H]1NC1CCC(CCCC(=O)OC(C)(C)C)CC1. The van der Waals surface area contributed by atoms with E-state index >= 15 is 0 Å². The minimum absolute atomic E-state index is 0.0482. The summed E-state index contributed by atoms with van der Waals surface area (Å²) >= 11 is 0. The number of benzene rings is 1. The summed E-state index contributed by atoms with van der Waals surface area (Å²) in [6, 6.07) is 12.1. The quantitative estimate of drug-likeness (QED) is 0.470. The van der Waals surface area contributed by atoms with Gasteiger partial charge in [0.05, 0.1) is 0 Å². The molecule has 3 rings (SSSR count). The number of carbonyl (C=O) groups excluding carboxylic acids is 1. The van der Waals surface area contributed by atoms with Gasteiger partial charge in [-0.3, -0.25) is 4.79 Å². The minimum Gasteiger partial charge on any atom is -0.460 e. The zero-order valence-corrected chi connectivity index (χ0v) is 19.5. The average Bonchev–Trinajstić information content (AvgIpc) is 3.46. The second-order valence-corrected chi connectivity index (χ2v) is 10.3. The molecule has 0 aromatic heterocycles. The maximum absolute atomic E-state index is 11.9. The molecule has 0 saturated heterocycles. The summed E-state index contributed by atoms with van der Waals surface area (Å²) in [4.78, 5) is 11.9. The lowest BCUT2D eigenvalue weighted by atomic mass is 9.83. The number of esters is 1. The molecule has 2 aliphatic carbocycles. The largest absolute Gasteiger partial charge is 0.460 e. The van der Waals surface area contributed by atoms with Crippen molar-refractivity contribution in [3.63, 3.8) is 0 Å². The zero-order chi connectivity index (χ0) is 21.6. The van der Waals surface area contributed by atoms with Gasteiger partial charge in [0.25, 0.3) is 0 Å². The number of carbonyl (C=O) groups is 1. The summed E-state index contributed by atoms with van der Waals surface area (Å²) in [7, 11) is 0. The van der Waals surface area contributed by atoms with E-state index in [1.54, 1.807) is 5.57 Å². The van der Waals surface area contributed by atoms with Gasteiger partial charge in [-0.25, -0.2) is 0 Å². The third-order valence-corrected chi connectivity index (χ3v) is 6.54. The molecule has 2 fully saturated rings. The highest BCUT2D eigenvalue weighted by Crippen LogP contribution is 2.41. The van der Waals surface area contributed by atoms with Crippen LogP contribution in [0.2, 0.25) is 0 Å². The Hall–Kier alpha value is -1.61. The number of hydrogen-bond acceptors (Lipinski definition) is 3. The van der Waals surface area contributed by atoms with Crippen LogP contribution in [0.15, 0.2) is 35.9 Å². The fourth-order valence-electron chi connectivity index (χ4n) is 4.87. The van der Waals surface area contributed by atoms with Crippen molar-refractivity contribution in [3.05, 3.63) is 41.5 Å². The maximum Gasteiger partial charge on any atom is 0.306 e. The summed E-state index contributed by atoms with van der Waals surface area (Å²) < 4.78 is 5.42. The smallest absolute Gasteiger partial charge is 0.306 e. The predicted octanol–water partition coefficient (Wildman–Crippen LogP) is 6.53. The molecule has 1 unspecified atom stereocenters. The van der Waals surface area contributed by atoms with Crippen LogP contribution >= 0.6 is 0 Å². The molecule has 0 radical (unpaired) electrons. The van der Waals surface area contributed by atoms with Gasteiger partial charge in [-0.2, -0.15) is 0 Å². The summed E-state index contributed by atoms with van der Waals surface area (Å²) in [5.41, 5.74) is 2.55. The molecule has 0 aliphatic heterocycles. The van der Waals surface area contributed by atoms with E-state index in [1.165, 1.54) is 37.7 Å². The predicted molar refractivity (Wildman–Crippen MR) is 125 cm³/mol. The van der Waals surface area contributed by atoms with Gasteiger partial charge >= 0.3 is 5.97 Å². The summed E-state index contributed by atoms with van der Waals surface area (Å²) in [5.74, 6) is 1.46. The highest BCUT2D eigenvalue weighted by Gasteiger charge is 2.40. The van der Waals surface area contributed by atoms with Crippen molar-refractivity contribution in [3.8, 4) is 0 Å². The molecule has 3 heteroatoms. The van der Waals surface area contributed by atoms with Crippen LogP contribution in [-0.2, 0) is 9.53 Å². The molecule has 0 bridgehead atoms. The van der Waals surface area contributed by atoms with Crippen molar-refractivity contribution >= 4 is 12.0 Å². The first-order valence-electron chi connectivity index (χ1n) is 12.1. The molecule has 0 amide bonds. The fourth-order valence-corrected chi connectivity index (χ4v) is 4.87.